The average molecular weight is 474 g/mol. The molecule has 1 saturated carbocycles. The number of aromatic nitrogens is 1. The van der Waals surface area contributed by atoms with Crippen LogP contribution in [0.1, 0.15) is 47.8 Å². The summed E-state index contributed by atoms with van der Waals surface area (Å²) in [5, 5.41) is 15.7. The van der Waals surface area contributed by atoms with Crippen molar-refractivity contribution in [1.29, 1.82) is 5.26 Å². The highest BCUT2D eigenvalue weighted by Gasteiger charge is 2.34. The number of thiophene rings is 1. The second-order valence-corrected chi connectivity index (χ2v) is 9.87. The van der Waals surface area contributed by atoms with E-state index in [0.717, 1.165) is 60.0 Å². The van der Waals surface area contributed by atoms with Crippen LogP contribution in [0.25, 0.3) is 11.3 Å². The number of anilines is 1. The fourth-order valence-corrected chi connectivity index (χ4v) is 5.48. The van der Waals surface area contributed by atoms with Crippen molar-refractivity contribution in [1.82, 2.24) is 5.16 Å². The van der Waals surface area contributed by atoms with Gasteiger partial charge >= 0.3 is 0 Å². The molecule has 2 aromatic heterocycles. The molecule has 160 valence electrons. The lowest BCUT2D eigenvalue weighted by Crippen LogP contribution is -2.36. The summed E-state index contributed by atoms with van der Waals surface area (Å²) in [5.41, 5.74) is 2.37. The highest BCUT2D eigenvalue weighted by atomic mass is 35.5. The molecule has 0 unspecified atom stereocenters. The number of ether oxygens (including phenoxy) is 1. The summed E-state index contributed by atoms with van der Waals surface area (Å²) in [4.78, 5) is 3.08. The number of piperidine rings is 1. The quantitative estimate of drug-likeness (QED) is 0.401. The van der Waals surface area contributed by atoms with E-state index in [1.165, 1.54) is 0 Å². The van der Waals surface area contributed by atoms with E-state index >= 15 is 0 Å². The first-order valence-corrected chi connectivity index (χ1v) is 12.0. The molecule has 31 heavy (non-hydrogen) atoms. The first-order chi connectivity index (χ1) is 15.1. The monoisotopic (exact) mass is 473 g/mol. The molecule has 5 rings (SSSR count). The van der Waals surface area contributed by atoms with Crippen molar-refractivity contribution in [2.75, 3.05) is 18.0 Å². The first-order valence-electron chi connectivity index (χ1n) is 10.4. The summed E-state index contributed by atoms with van der Waals surface area (Å²) in [6.45, 7) is 2.27. The Kier molecular flexibility index (Phi) is 5.94. The van der Waals surface area contributed by atoms with Crippen LogP contribution in [-0.4, -0.2) is 24.4 Å². The summed E-state index contributed by atoms with van der Waals surface area (Å²) in [6.07, 6.45) is 4.27. The van der Waals surface area contributed by atoms with Gasteiger partial charge in [0.25, 0.3) is 0 Å². The second-order valence-electron chi connectivity index (χ2n) is 7.99. The van der Waals surface area contributed by atoms with Crippen molar-refractivity contribution in [2.45, 2.75) is 44.3 Å². The molecule has 2 fully saturated rings. The number of halogens is 2. The minimum absolute atomic E-state index is 0.170. The molecule has 2 aliphatic rings. The van der Waals surface area contributed by atoms with E-state index in [-0.39, 0.29) is 6.10 Å². The van der Waals surface area contributed by atoms with Crippen LogP contribution in [0.3, 0.4) is 0 Å². The average Bonchev–Trinajstić information content (AvgIpc) is 3.36. The normalized spacial score (nSPS) is 17.1. The summed E-state index contributed by atoms with van der Waals surface area (Å²) in [6, 6.07) is 11.6. The molecule has 1 aromatic carbocycles. The number of nitriles is 1. The van der Waals surface area contributed by atoms with Gasteiger partial charge in [-0.15, -0.1) is 11.3 Å². The van der Waals surface area contributed by atoms with Gasteiger partial charge in [0.2, 0.25) is 0 Å². The molecular formula is C23H21Cl2N3O2S. The SMILES string of the molecule is N#Cc1ccc(N2CCC(OCc3c(-c4c(Cl)cccc4Cl)noc3C3CC3)CC2)s1. The summed E-state index contributed by atoms with van der Waals surface area (Å²) >= 11 is 14.4. The van der Waals surface area contributed by atoms with E-state index in [4.69, 9.17) is 37.7 Å². The van der Waals surface area contributed by atoms with Crippen LogP contribution in [0.5, 0.6) is 0 Å². The molecule has 1 aliphatic heterocycles. The van der Waals surface area contributed by atoms with Gasteiger partial charge in [0.15, 0.2) is 0 Å². The molecule has 0 bridgehead atoms. The Morgan fingerprint density at radius 3 is 2.52 bits per heavy atom. The van der Waals surface area contributed by atoms with Crippen molar-refractivity contribution in [3.8, 4) is 17.3 Å². The van der Waals surface area contributed by atoms with Gasteiger partial charge < -0.3 is 14.2 Å². The van der Waals surface area contributed by atoms with E-state index in [1.807, 2.05) is 30.3 Å². The van der Waals surface area contributed by atoms with Gasteiger partial charge in [-0.3, -0.25) is 0 Å². The van der Waals surface area contributed by atoms with Crippen LogP contribution in [0.2, 0.25) is 10.0 Å². The number of hydrogen-bond donors (Lipinski definition) is 0. The van der Waals surface area contributed by atoms with Crippen molar-refractivity contribution < 1.29 is 9.26 Å². The van der Waals surface area contributed by atoms with E-state index in [0.29, 0.717) is 33.8 Å². The Hall–Kier alpha value is -2.04. The molecular weight excluding hydrogens is 453 g/mol. The van der Waals surface area contributed by atoms with Crippen molar-refractivity contribution in [2.24, 2.45) is 0 Å². The van der Waals surface area contributed by atoms with E-state index in [2.05, 4.69) is 16.1 Å². The van der Waals surface area contributed by atoms with Gasteiger partial charge in [-0.2, -0.15) is 5.26 Å². The predicted molar refractivity (Wildman–Crippen MR) is 123 cm³/mol. The Morgan fingerprint density at radius 1 is 1.13 bits per heavy atom. The number of nitrogens with zero attached hydrogens (tertiary/aromatic N) is 3. The van der Waals surface area contributed by atoms with Gasteiger partial charge in [0, 0.05) is 30.1 Å². The number of benzene rings is 1. The summed E-state index contributed by atoms with van der Waals surface area (Å²) < 4.78 is 12.1. The van der Waals surface area contributed by atoms with Crippen LogP contribution in [0.15, 0.2) is 34.9 Å². The van der Waals surface area contributed by atoms with Gasteiger partial charge in [-0.1, -0.05) is 34.4 Å². The molecule has 1 saturated heterocycles. The fraction of sp³-hybridized carbons (Fsp3) is 0.391. The van der Waals surface area contributed by atoms with Crippen molar-refractivity contribution in [3.05, 3.63) is 56.6 Å². The molecule has 3 aromatic rings. The Bertz CT molecular complexity index is 1100. The van der Waals surface area contributed by atoms with E-state index < -0.39 is 0 Å². The largest absolute Gasteiger partial charge is 0.373 e. The highest BCUT2D eigenvalue weighted by molar-refractivity contribution is 7.16. The Morgan fingerprint density at radius 2 is 1.87 bits per heavy atom. The van der Waals surface area contributed by atoms with Gasteiger partial charge in [0.05, 0.1) is 27.8 Å². The van der Waals surface area contributed by atoms with Crippen LogP contribution in [-0.2, 0) is 11.3 Å². The smallest absolute Gasteiger partial charge is 0.145 e. The predicted octanol–water partition coefficient (Wildman–Crippen LogP) is 6.64. The summed E-state index contributed by atoms with van der Waals surface area (Å²) in [7, 11) is 0. The minimum atomic E-state index is 0.170. The van der Waals surface area contributed by atoms with Crippen molar-refractivity contribution >= 4 is 39.5 Å². The maximum Gasteiger partial charge on any atom is 0.145 e. The molecule has 0 radical (unpaired) electrons. The molecule has 5 nitrogen and oxygen atoms in total. The standard InChI is InChI=1S/C23H21Cl2N3O2S/c24-18-2-1-3-19(25)21(18)22-17(23(30-27-22)14-4-5-14)13-29-15-8-10-28(11-9-15)20-7-6-16(12-26)31-20/h1-3,6-7,14-15H,4-5,8-11,13H2. The van der Waals surface area contributed by atoms with Crippen LogP contribution >= 0.6 is 34.5 Å². The van der Waals surface area contributed by atoms with Crippen molar-refractivity contribution in [3.63, 3.8) is 0 Å². The third-order valence-electron chi connectivity index (χ3n) is 5.89. The maximum absolute atomic E-state index is 9.05. The fourth-order valence-electron chi connectivity index (χ4n) is 4.05. The molecule has 0 atom stereocenters. The molecule has 3 heterocycles. The molecule has 8 heteroatoms. The summed E-state index contributed by atoms with van der Waals surface area (Å²) in [5.74, 6) is 1.32. The highest BCUT2D eigenvalue weighted by Crippen LogP contribution is 2.46. The lowest BCUT2D eigenvalue weighted by molar-refractivity contribution is 0.0247. The molecule has 0 amide bonds. The Balaban J connectivity index is 1.29. The third-order valence-corrected chi connectivity index (χ3v) is 7.57. The topological polar surface area (TPSA) is 62.3 Å². The lowest BCUT2D eigenvalue weighted by Gasteiger charge is -2.32. The lowest BCUT2D eigenvalue weighted by atomic mass is 10.0. The number of hydrogen-bond acceptors (Lipinski definition) is 6. The molecule has 1 aliphatic carbocycles. The number of rotatable bonds is 6. The zero-order valence-corrected chi connectivity index (χ0v) is 19.1. The van der Waals surface area contributed by atoms with Gasteiger partial charge in [0.1, 0.15) is 22.4 Å². The third kappa shape index (κ3) is 4.33. The second kappa shape index (κ2) is 8.84. The van der Waals surface area contributed by atoms with Crippen LogP contribution < -0.4 is 4.90 Å². The zero-order chi connectivity index (χ0) is 21.4. The first kappa shape index (κ1) is 20.8. The minimum Gasteiger partial charge on any atom is -0.373 e. The van der Waals surface area contributed by atoms with Gasteiger partial charge in [-0.05, 0) is 49.9 Å². The van der Waals surface area contributed by atoms with E-state index in [9.17, 15) is 0 Å². The molecule has 0 N–H and O–H groups in total. The van der Waals surface area contributed by atoms with Crippen LogP contribution in [0, 0.1) is 11.3 Å². The maximum atomic E-state index is 9.05. The zero-order valence-electron chi connectivity index (χ0n) is 16.8. The van der Waals surface area contributed by atoms with Crippen LogP contribution in [0.4, 0.5) is 5.00 Å². The van der Waals surface area contributed by atoms with Gasteiger partial charge in [-0.25, -0.2) is 0 Å². The van der Waals surface area contributed by atoms with E-state index in [1.54, 1.807) is 11.3 Å². The molecule has 0 spiro atoms. The Labute approximate surface area is 195 Å².